The molecule has 0 saturated heterocycles. The van der Waals surface area contributed by atoms with Crippen molar-refractivity contribution in [1.82, 2.24) is 4.57 Å². The van der Waals surface area contributed by atoms with E-state index in [4.69, 9.17) is 4.74 Å². The smallest absolute Gasteiger partial charge is 0.179 e. The second-order valence-corrected chi connectivity index (χ2v) is 22.8. The summed E-state index contributed by atoms with van der Waals surface area (Å²) in [6.45, 7) is 0. The minimum Gasteiger partial charge on any atom is -0.495 e. The van der Waals surface area contributed by atoms with Gasteiger partial charge in [-0.15, -0.1) is 0 Å². The summed E-state index contributed by atoms with van der Waals surface area (Å²) < 4.78 is 8.47. The van der Waals surface area contributed by atoms with Gasteiger partial charge < -0.3 is 9.30 Å². The lowest BCUT2D eigenvalue weighted by Crippen LogP contribution is -2.74. The SMILES string of the molecule is COc1ccccc1-n1c2ccc([Si](c3ccccc3)(c3ccccc3)c3ccccc3)cc2c2cc([Si](c3ccccc3)(c3ccccc3)c3ccccc3)ccc21. The quantitative estimate of drug-likeness (QED) is 0.103. The first kappa shape index (κ1) is 36.4. The number of methoxy groups -OCH3 is 1. The fraction of sp³-hybridized carbons (Fsp3) is 0.0182. The molecule has 0 spiro atoms. The average molecular weight is 790 g/mol. The number of benzene rings is 9. The lowest BCUT2D eigenvalue weighted by molar-refractivity contribution is 0.413. The average Bonchev–Trinajstić information content (AvgIpc) is 3.65. The summed E-state index contributed by atoms with van der Waals surface area (Å²) in [7, 11) is -3.89. The van der Waals surface area contributed by atoms with Crippen molar-refractivity contribution in [3.63, 3.8) is 0 Å². The maximum atomic E-state index is 6.06. The van der Waals surface area contributed by atoms with Crippen LogP contribution in [0.15, 0.2) is 243 Å². The molecule has 2 nitrogen and oxygen atoms in total. The summed E-state index contributed by atoms with van der Waals surface area (Å²) in [6, 6.07) is 90.2. The molecule has 1 aromatic heterocycles. The molecular weight excluding hydrogens is 747 g/mol. The first-order chi connectivity index (χ1) is 29.2. The van der Waals surface area contributed by atoms with E-state index in [9.17, 15) is 0 Å². The molecule has 10 aromatic rings. The summed E-state index contributed by atoms with van der Waals surface area (Å²) >= 11 is 0. The van der Waals surface area contributed by atoms with Gasteiger partial charge in [0.25, 0.3) is 0 Å². The molecule has 1 heterocycles. The zero-order chi connectivity index (χ0) is 39.7. The van der Waals surface area contributed by atoms with Gasteiger partial charge in [-0.1, -0.05) is 218 Å². The fourth-order valence-corrected chi connectivity index (χ4v) is 19.2. The fourth-order valence-electron chi connectivity index (χ4n) is 9.69. The molecule has 10 rings (SSSR count). The van der Waals surface area contributed by atoms with Gasteiger partial charge in [-0.3, -0.25) is 0 Å². The molecular formula is C55H43NOSi2. The number of fused-ring (bicyclic) bond motifs is 3. The van der Waals surface area contributed by atoms with Crippen molar-refractivity contribution in [2.45, 2.75) is 0 Å². The highest BCUT2D eigenvalue weighted by Gasteiger charge is 2.43. The second-order valence-electron chi connectivity index (χ2n) is 15.2. The zero-order valence-corrected chi connectivity index (χ0v) is 34.9. The highest BCUT2D eigenvalue weighted by molar-refractivity contribution is 7.20. The van der Waals surface area contributed by atoms with E-state index in [0.717, 1.165) is 22.5 Å². The Labute approximate surface area is 348 Å². The minimum atomic E-state index is -2.83. The molecule has 0 N–H and O–H groups in total. The highest BCUT2D eigenvalue weighted by atomic mass is 28.3. The first-order valence-electron chi connectivity index (χ1n) is 20.3. The van der Waals surface area contributed by atoms with E-state index in [2.05, 4.69) is 241 Å². The monoisotopic (exact) mass is 789 g/mol. The second kappa shape index (κ2) is 15.4. The number of hydrogen-bond donors (Lipinski definition) is 0. The number of hydrogen-bond acceptors (Lipinski definition) is 1. The molecule has 9 aromatic carbocycles. The van der Waals surface area contributed by atoms with Gasteiger partial charge in [0, 0.05) is 10.8 Å². The van der Waals surface area contributed by atoms with Gasteiger partial charge >= 0.3 is 0 Å². The van der Waals surface area contributed by atoms with Crippen LogP contribution in [-0.4, -0.2) is 27.8 Å². The molecule has 0 aliphatic carbocycles. The van der Waals surface area contributed by atoms with Crippen LogP contribution in [0.4, 0.5) is 0 Å². The standard InChI is InChI=1S/C55H43NOSi2/c1-57-55-35-21-20-34-54(55)56-52-38-36-48(58(42-22-8-2-9-23-42,43-24-10-3-11-25-43)44-26-12-4-13-27-44)40-50(52)51-41-49(37-39-53(51)56)59(45-28-14-5-15-29-45,46-30-16-6-17-31-46)47-32-18-7-19-33-47/h2-41H,1H3. The Morgan fingerprint density at radius 1 is 0.305 bits per heavy atom. The van der Waals surface area contributed by atoms with Crippen LogP contribution < -0.4 is 46.2 Å². The van der Waals surface area contributed by atoms with Crippen LogP contribution in [0.5, 0.6) is 5.75 Å². The number of para-hydroxylation sites is 2. The summed E-state index contributed by atoms with van der Waals surface area (Å²) in [5.41, 5.74) is 3.31. The number of ether oxygens (including phenoxy) is 1. The largest absolute Gasteiger partial charge is 0.495 e. The predicted molar refractivity (Wildman–Crippen MR) is 255 cm³/mol. The molecule has 0 radical (unpaired) electrons. The number of nitrogens with zero attached hydrogens (tertiary/aromatic N) is 1. The van der Waals surface area contributed by atoms with E-state index < -0.39 is 16.1 Å². The van der Waals surface area contributed by atoms with Crippen LogP contribution in [0.2, 0.25) is 0 Å². The predicted octanol–water partition coefficient (Wildman–Crippen LogP) is 7.55. The lowest BCUT2D eigenvalue weighted by atomic mass is 10.1. The first-order valence-corrected chi connectivity index (χ1v) is 24.3. The Morgan fingerprint density at radius 2 is 0.593 bits per heavy atom. The van der Waals surface area contributed by atoms with E-state index in [1.54, 1.807) is 7.11 Å². The molecule has 0 bridgehead atoms. The third-order valence-corrected chi connectivity index (χ3v) is 21.7. The Kier molecular flexibility index (Phi) is 9.49. The van der Waals surface area contributed by atoms with E-state index in [1.807, 2.05) is 6.07 Å². The van der Waals surface area contributed by atoms with E-state index >= 15 is 0 Å². The van der Waals surface area contributed by atoms with Crippen LogP contribution in [0.25, 0.3) is 27.5 Å². The van der Waals surface area contributed by atoms with Gasteiger partial charge in [0.15, 0.2) is 16.1 Å². The normalized spacial score (nSPS) is 11.8. The molecule has 282 valence electrons. The Hall–Kier alpha value is -6.99. The van der Waals surface area contributed by atoms with E-state index in [0.29, 0.717) is 0 Å². The topological polar surface area (TPSA) is 14.2 Å². The minimum absolute atomic E-state index is 0.836. The summed E-state index contributed by atoms with van der Waals surface area (Å²) in [6.07, 6.45) is 0. The van der Waals surface area contributed by atoms with Crippen molar-refractivity contribution in [2.24, 2.45) is 0 Å². The van der Waals surface area contributed by atoms with Crippen molar-refractivity contribution < 1.29 is 4.74 Å². The van der Waals surface area contributed by atoms with Gasteiger partial charge in [-0.2, -0.15) is 0 Å². The molecule has 0 fully saturated rings. The van der Waals surface area contributed by atoms with Crippen molar-refractivity contribution in [3.05, 3.63) is 243 Å². The zero-order valence-electron chi connectivity index (χ0n) is 32.9. The Bertz CT molecular complexity index is 2630. The van der Waals surface area contributed by atoms with Crippen LogP contribution in [0.1, 0.15) is 0 Å². The number of rotatable bonds is 10. The van der Waals surface area contributed by atoms with Gasteiger partial charge in [0.2, 0.25) is 0 Å². The third kappa shape index (κ3) is 5.91. The highest BCUT2D eigenvalue weighted by Crippen LogP contribution is 2.35. The number of aromatic nitrogens is 1. The van der Waals surface area contributed by atoms with Crippen LogP contribution in [-0.2, 0) is 0 Å². The van der Waals surface area contributed by atoms with E-state index in [1.165, 1.54) is 52.3 Å². The molecule has 0 saturated carbocycles. The van der Waals surface area contributed by atoms with Crippen molar-refractivity contribution in [2.75, 3.05) is 7.11 Å². The van der Waals surface area contributed by atoms with Crippen LogP contribution in [0.3, 0.4) is 0 Å². The Morgan fingerprint density at radius 3 is 0.898 bits per heavy atom. The molecule has 0 atom stereocenters. The lowest BCUT2D eigenvalue weighted by Gasteiger charge is -2.34. The van der Waals surface area contributed by atoms with Crippen molar-refractivity contribution in [3.8, 4) is 11.4 Å². The van der Waals surface area contributed by atoms with Gasteiger partial charge in [-0.05, 0) is 65.8 Å². The van der Waals surface area contributed by atoms with Crippen LogP contribution in [0, 0.1) is 0 Å². The molecule has 4 heteroatoms. The summed E-state index contributed by atoms with van der Waals surface area (Å²) in [4.78, 5) is 0. The van der Waals surface area contributed by atoms with Crippen LogP contribution >= 0.6 is 0 Å². The maximum absolute atomic E-state index is 6.06. The molecule has 0 aliphatic rings. The molecule has 0 unspecified atom stereocenters. The van der Waals surface area contributed by atoms with Gasteiger partial charge in [0.1, 0.15) is 5.75 Å². The van der Waals surface area contributed by atoms with Crippen molar-refractivity contribution in [1.29, 1.82) is 0 Å². The molecule has 59 heavy (non-hydrogen) atoms. The maximum Gasteiger partial charge on any atom is 0.179 e. The van der Waals surface area contributed by atoms with Crippen molar-refractivity contribution >= 4 is 79.4 Å². The summed E-state index contributed by atoms with van der Waals surface area (Å²) in [5, 5.41) is 13.3. The Balaban J connectivity index is 1.35. The molecule has 0 aliphatic heterocycles. The van der Waals surface area contributed by atoms with Gasteiger partial charge in [0.05, 0.1) is 23.8 Å². The van der Waals surface area contributed by atoms with Gasteiger partial charge in [-0.25, -0.2) is 0 Å². The van der Waals surface area contributed by atoms with E-state index in [-0.39, 0.29) is 0 Å². The molecule has 0 amide bonds. The summed E-state index contributed by atoms with van der Waals surface area (Å²) in [5.74, 6) is 0.836. The third-order valence-electron chi connectivity index (χ3n) is 12.2.